The Morgan fingerprint density at radius 2 is 1.94 bits per heavy atom. The molecule has 0 fully saturated rings. The van der Waals surface area contributed by atoms with Crippen LogP contribution in [-0.4, -0.2) is 24.3 Å². The van der Waals surface area contributed by atoms with Crippen molar-refractivity contribution in [1.82, 2.24) is 0 Å². The second kappa shape index (κ2) is 8.51. The highest BCUT2D eigenvalue weighted by molar-refractivity contribution is 5.74. The first kappa shape index (κ1) is 16.4. The summed E-state index contributed by atoms with van der Waals surface area (Å²) in [6, 6.07) is 0. The Bertz CT molecular complexity index is 214. The van der Waals surface area contributed by atoms with Crippen LogP contribution in [0.15, 0.2) is 0 Å². The van der Waals surface area contributed by atoms with E-state index in [2.05, 4.69) is 20.8 Å². The molecule has 3 nitrogen and oxygen atoms in total. The van der Waals surface area contributed by atoms with Gasteiger partial charge in [0, 0.05) is 13.2 Å². The summed E-state index contributed by atoms with van der Waals surface area (Å²) in [4.78, 5) is 11.4. The van der Waals surface area contributed by atoms with Gasteiger partial charge in [0.2, 0.25) is 0 Å². The van der Waals surface area contributed by atoms with Gasteiger partial charge in [-0.1, -0.05) is 40.5 Å². The molecule has 0 saturated carbocycles. The predicted molar refractivity (Wildman–Crippen MR) is 70.2 cm³/mol. The van der Waals surface area contributed by atoms with Gasteiger partial charge in [-0.25, -0.2) is 0 Å². The van der Waals surface area contributed by atoms with Crippen molar-refractivity contribution in [2.45, 2.75) is 59.8 Å². The first-order valence-electron chi connectivity index (χ1n) is 6.79. The standard InChI is InChI=1S/C14H28O3/c1-5-7-8-14(6-2,13(15)16)9-10-17-11-12(3)4/h12H,5-11H2,1-4H3,(H,15,16). The largest absolute Gasteiger partial charge is 0.481 e. The van der Waals surface area contributed by atoms with Crippen LogP contribution in [0.2, 0.25) is 0 Å². The van der Waals surface area contributed by atoms with E-state index in [9.17, 15) is 9.90 Å². The third kappa shape index (κ3) is 6.06. The zero-order valence-corrected chi connectivity index (χ0v) is 11.8. The predicted octanol–water partition coefficient (Wildman–Crippen LogP) is 3.72. The normalized spacial score (nSPS) is 14.9. The van der Waals surface area contributed by atoms with Crippen molar-refractivity contribution in [3.8, 4) is 0 Å². The van der Waals surface area contributed by atoms with E-state index in [0.29, 0.717) is 32.0 Å². The summed E-state index contributed by atoms with van der Waals surface area (Å²) in [7, 11) is 0. The van der Waals surface area contributed by atoms with Crippen LogP contribution >= 0.6 is 0 Å². The number of hydrogen-bond acceptors (Lipinski definition) is 2. The second-order valence-electron chi connectivity index (χ2n) is 5.26. The molecule has 0 saturated heterocycles. The summed E-state index contributed by atoms with van der Waals surface area (Å²) in [5.74, 6) is -0.159. The Balaban J connectivity index is 4.22. The fourth-order valence-electron chi connectivity index (χ4n) is 1.95. The summed E-state index contributed by atoms with van der Waals surface area (Å²) in [5.41, 5.74) is -0.576. The number of carboxylic acids is 1. The average Bonchev–Trinajstić information content (AvgIpc) is 2.28. The van der Waals surface area contributed by atoms with Crippen molar-refractivity contribution in [3.63, 3.8) is 0 Å². The van der Waals surface area contributed by atoms with Gasteiger partial charge in [0.15, 0.2) is 0 Å². The van der Waals surface area contributed by atoms with Crippen molar-refractivity contribution < 1.29 is 14.6 Å². The zero-order valence-electron chi connectivity index (χ0n) is 11.8. The molecule has 0 bridgehead atoms. The van der Waals surface area contributed by atoms with Gasteiger partial charge in [-0.05, 0) is 25.2 Å². The molecule has 3 heteroatoms. The van der Waals surface area contributed by atoms with E-state index in [0.717, 1.165) is 19.3 Å². The lowest BCUT2D eigenvalue weighted by molar-refractivity contribution is -0.151. The van der Waals surface area contributed by atoms with E-state index in [-0.39, 0.29) is 0 Å². The fourth-order valence-corrected chi connectivity index (χ4v) is 1.95. The van der Waals surface area contributed by atoms with Gasteiger partial charge in [0.25, 0.3) is 0 Å². The molecule has 0 aromatic rings. The van der Waals surface area contributed by atoms with Crippen LogP contribution in [0.5, 0.6) is 0 Å². The Morgan fingerprint density at radius 3 is 2.35 bits per heavy atom. The summed E-state index contributed by atoms with van der Waals surface area (Å²) >= 11 is 0. The van der Waals surface area contributed by atoms with Crippen molar-refractivity contribution in [3.05, 3.63) is 0 Å². The molecule has 1 N–H and O–H groups in total. The average molecular weight is 244 g/mol. The molecule has 0 aliphatic rings. The Labute approximate surface area is 106 Å². The molecule has 0 aromatic heterocycles. The maximum absolute atomic E-state index is 11.4. The van der Waals surface area contributed by atoms with Crippen LogP contribution in [0, 0.1) is 11.3 Å². The summed E-state index contributed by atoms with van der Waals surface area (Å²) < 4.78 is 5.52. The molecule has 0 aromatic carbocycles. The Morgan fingerprint density at radius 1 is 1.29 bits per heavy atom. The van der Waals surface area contributed by atoms with Crippen molar-refractivity contribution in [2.75, 3.05) is 13.2 Å². The highest BCUT2D eigenvalue weighted by Gasteiger charge is 2.35. The van der Waals surface area contributed by atoms with Crippen molar-refractivity contribution in [2.24, 2.45) is 11.3 Å². The topological polar surface area (TPSA) is 46.5 Å². The minimum Gasteiger partial charge on any atom is -0.481 e. The van der Waals surface area contributed by atoms with Crippen LogP contribution in [-0.2, 0) is 9.53 Å². The molecule has 0 heterocycles. The highest BCUT2D eigenvalue weighted by atomic mass is 16.5. The van der Waals surface area contributed by atoms with E-state index in [4.69, 9.17) is 4.74 Å². The molecular weight excluding hydrogens is 216 g/mol. The minimum atomic E-state index is -0.665. The van der Waals surface area contributed by atoms with Gasteiger partial charge in [0.1, 0.15) is 0 Å². The molecule has 0 rings (SSSR count). The molecule has 0 amide bonds. The SMILES string of the molecule is CCCCC(CC)(CCOCC(C)C)C(=O)O. The molecule has 0 aliphatic carbocycles. The highest BCUT2D eigenvalue weighted by Crippen LogP contribution is 2.33. The smallest absolute Gasteiger partial charge is 0.309 e. The monoisotopic (exact) mass is 244 g/mol. The summed E-state index contributed by atoms with van der Waals surface area (Å²) in [6.45, 7) is 9.53. The Kier molecular flexibility index (Phi) is 8.23. The number of unbranched alkanes of at least 4 members (excludes halogenated alkanes) is 1. The number of ether oxygens (including phenoxy) is 1. The fraction of sp³-hybridized carbons (Fsp3) is 0.929. The number of carbonyl (C=O) groups is 1. The molecule has 1 atom stereocenters. The quantitative estimate of drug-likeness (QED) is 0.596. The van der Waals surface area contributed by atoms with Crippen LogP contribution in [0.1, 0.15) is 59.8 Å². The Hall–Kier alpha value is -0.570. The first-order chi connectivity index (χ1) is 7.98. The molecular formula is C14H28O3. The molecule has 0 spiro atoms. The van der Waals surface area contributed by atoms with E-state index in [1.165, 1.54) is 0 Å². The van der Waals surface area contributed by atoms with Gasteiger partial charge in [-0.15, -0.1) is 0 Å². The minimum absolute atomic E-state index is 0.506. The van der Waals surface area contributed by atoms with Gasteiger partial charge < -0.3 is 9.84 Å². The maximum Gasteiger partial charge on any atom is 0.309 e. The van der Waals surface area contributed by atoms with E-state index in [1.807, 2.05) is 6.92 Å². The number of aliphatic carboxylic acids is 1. The number of carboxylic acid groups (broad SMARTS) is 1. The molecule has 0 aliphatic heterocycles. The molecule has 102 valence electrons. The lowest BCUT2D eigenvalue weighted by atomic mass is 9.77. The third-order valence-electron chi connectivity index (χ3n) is 3.32. The second-order valence-corrected chi connectivity index (χ2v) is 5.26. The zero-order chi connectivity index (χ0) is 13.3. The van der Waals surface area contributed by atoms with Crippen molar-refractivity contribution in [1.29, 1.82) is 0 Å². The maximum atomic E-state index is 11.4. The van der Waals surface area contributed by atoms with E-state index >= 15 is 0 Å². The summed E-state index contributed by atoms with van der Waals surface area (Å²) in [6.07, 6.45) is 4.10. The van der Waals surface area contributed by atoms with Crippen molar-refractivity contribution >= 4 is 5.97 Å². The van der Waals surface area contributed by atoms with E-state index in [1.54, 1.807) is 0 Å². The van der Waals surface area contributed by atoms with Crippen LogP contribution < -0.4 is 0 Å². The lowest BCUT2D eigenvalue weighted by Crippen LogP contribution is -2.32. The molecule has 17 heavy (non-hydrogen) atoms. The first-order valence-corrected chi connectivity index (χ1v) is 6.79. The molecule has 0 radical (unpaired) electrons. The molecule has 1 unspecified atom stereocenters. The van der Waals surface area contributed by atoms with Crippen LogP contribution in [0.25, 0.3) is 0 Å². The van der Waals surface area contributed by atoms with Crippen LogP contribution in [0.4, 0.5) is 0 Å². The third-order valence-corrected chi connectivity index (χ3v) is 3.32. The van der Waals surface area contributed by atoms with E-state index < -0.39 is 11.4 Å². The van der Waals surface area contributed by atoms with Gasteiger partial charge in [-0.3, -0.25) is 4.79 Å². The number of hydrogen-bond donors (Lipinski definition) is 1. The van der Waals surface area contributed by atoms with Gasteiger partial charge in [-0.2, -0.15) is 0 Å². The lowest BCUT2D eigenvalue weighted by Gasteiger charge is -2.28. The van der Waals surface area contributed by atoms with Gasteiger partial charge in [0.05, 0.1) is 5.41 Å². The van der Waals surface area contributed by atoms with Crippen LogP contribution in [0.3, 0.4) is 0 Å². The van der Waals surface area contributed by atoms with Gasteiger partial charge >= 0.3 is 5.97 Å². The summed E-state index contributed by atoms with van der Waals surface area (Å²) in [5, 5.41) is 9.40. The number of rotatable bonds is 10.